The van der Waals surface area contributed by atoms with Gasteiger partial charge in [-0.25, -0.2) is 0 Å². The topological polar surface area (TPSA) is 81.7 Å². The molecule has 2 atom stereocenters. The highest BCUT2D eigenvalue weighted by molar-refractivity contribution is 5.95. The molecule has 1 saturated heterocycles. The van der Waals surface area contributed by atoms with Gasteiger partial charge in [0, 0.05) is 31.1 Å². The monoisotopic (exact) mass is 403 g/mol. The van der Waals surface area contributed by atoms with E-state index in [0.717, 1.165) is 69.4 Å². The van der Waals surface area contributed by atoms with Crippen LogP contribution >= 0.6 is 0 Å². The molecule has 2 unspecified atom stereocenters. The molecule has 0 aromatic carbocycles. The molecule has 162 valence electrons. The minimum absolute atomic E-state index is 0.0263. The van der Waals surface area contributed by atoms with Crippen molar-refractivity contribution >= 4 is 11.9 Å². The fourth-order valence-corrected chi connectivity index (χ4v) is 4.87. The highest BCUT2D eigenvalue weighted by Crippen LogP contribution is 2.26. The number of allylic oxidation sites excluding steroid dienone is 2. The number of unbranched alkanes of at least 4 members (excludes halogenated alkanes) is 1. The van der Waals surface area contributed by atoms with Crippen molar-refractivity contribution in [3.05, 3.63) is 23.5 Å². The molecule has 0 bridgehead atoms. The average Bonchev–Trinajstić information content (AvgIpc) is 2.72. The zero-order chi connectivity index (χ0) is 20.6. The highest BCUT2D eigenvalue weighted by Gasteiger charge is 2.29. The number of dihydropyridines is 1. The summed E-state index contributed by atoms with van der Waals surface area (Å²) >= 11 is 0. The summed E-state index contributed by atoms with van der Waals surface area (Å²) in [5.74, 6) is 0.585. The Morgan fingerprint density at radius 2 is 1.97 bits per heavy atom. The Morgan fingerprint density at radius 1 is 1.17 bits per heavy atom. The molecule has 29 heavy (non-hydrogen) atoms. The van der Waals surface area contributed by atoms with Crippen molar-refractivity contribution in [3.8, 4) is 0 Å². The lowest BCUT2D eigenvalue weighted by molar-refractivity contribution is -0.138. The first-order valence-electron chi connectivity index (χ1n) is 11.5. The van der Waals surface area contributed by atoms with E-state index in [1.807, 2.05) is 12.2 Å². The molecule has 1 saturated carbocycles. The molecule has 0 radical (unpaired) electrons. The molecule has 3 N–H and O–H groups in total. The van der Waals surface area contributed by atoms with Crippen LogP contribution in [0.25, 0.3) is 0 Å². The summed E-state index contributed by atoms with van der Waals surface area (Å²) in [5.41, 5.74) is 0.840. The van der Waals surface area contributed by atoms with Crippen molar-refractivity contribution in [1.82, 2.24) is 15.5 Å². The summed E-state index contributed by atoms with van der Waals surface area (Å²) in [6, 6.07) is 0.339. The number of carboxylic acids is 1. The molecular formula is C23H37N3O3. The molecule has 3 aliphatic rings. The smallest absolute Gasteiger partial charge is 0.303 e. The summed E-state index contributed by atoms with van der Waals surface area (Å²) in [7, 11) is 0. The first-order valence-corrected chi connectivity index (χ1v) is 11.5. The standard InChI is InChI=1S/C23H37N3O3/c1-2-3-11-20-19(23(29)24-18-9-5-4-6-10-18)12-13-21(25-20)26-14-7-8-17(16-26)15-22(27)28/h12-13,17-18,20,25H,2-11,14-16H2,1H3,(H,24,29)(H,27,28). The van der Waals surface area contributed by atoms with Gasteiger partial charge in [0.15, 0.2) is 0 Å². The number of aliphatic carboxylic acids is 1. The minimum Gasteiger partial charge on any atom is -0.481 e. The summed E-state index contributed by atoms with van der Waals surface area (Å²) in [6.07, 6.45) is 15.2. The largest absolute Gasteiger partial charge is 0.481 e. The second-order valence-electron chi connectivity index (χ2n) is 8.87. The van der Waals surface area contributed by atoms with E-state index in [-0.39, 0.29) is 24.3 Å². The van der Waals surface area contributed by atoms with Gasteiger partial charge in [-0.2, -0.15) is 0 Å². The Kier molecular flexibility index (Phi) is 8.01. The number of carbonyl (C=O) groups excluding carboxylic acids is 1. The van der Waals surface area contributed by atoms with Gasteiger partial charge in [-0.15, -0.1) is 0 Å². The molecule has 6 nitrogen and oxygen atoms in total. The van der Waals surface area contributed by atoms with Crippen LogP contribution in [0.2, 0.25) is 0 Å². The van der Waals surface area contributed by atoms with Gasteiger partial charge >= 0.3 is 5.97 Å². The van der Waals surface area contributed by atoms with Crippen LogP contribution in [0.4, 0.5) is 0 Å². The normalized spacial score (nSPS) is 25.6. The van der Waals surface area contributed by atoms with Crippen LogP contribution in [0.1, 0.15) is 77.6 Å². The first-order chi connectivity index (χ1) is 14.1. The average molecular weight is 404 g/mol. The second kappa shape index (κ2) is 10.7. The molecule has 2 fully saturated rings. The van der Waals surface area contributed by atoms with Crippen molar-refractivity contribution < 1.29 is 14.7 Å². The summed E-state index contributed by atoms with van der Waals surface area (Å²) in [5, 5.41) is 16.0. The Morgan fingerprint density at radius 3 is 2.69 bits per heavy atom. The van der Waals surface area contributed by atoms with Crippen molar-refractivity contribution in [2.45, 2.75) is 89.6 Å². The minimum atomic E-state index is -0.718. The van der Waals surface area contributed by atoms with E-state index in [2.05, 4.69) is 22.5 Å². The molecule has 0 aromatic heterocycles. The zero-order valence-electron chi connectivity index (χ0n) is 17.8. The third kappa shape index (κ3) is 6.25. The Labute approximate surface area is 174 Å². The van der Waals surface area contributed by atoms with E-state index >= 15 is 0 Å². The van der Waals surface area contributed by atoms with Crippen LogP contribution in [-0.2, 0) is 9.59 Å². The Bertz CT molecular complexity index is 637. The first kappa shape index (κ1) is 21.7. The maximum Gasteiger partial charge on any atom is 0.303 e. The van der Waals surface area contributed by atoms with Crippen molar-refractivity contribution in [1.29, 1.82) is 0 Å². The van der Waals surface area contributed by atoms with E-state index in [0.29, 0.717) is 6.04 Å². The zero-order valence-corrected chi connectivity index (χ0v) is 17.8. The van der Waals surface area contributed by atoms with Crippen molar-refractivity contribution in [3.63, 3.8) is 0 Å². The van der Waals surface area contributed by atoms with Gasteiger partial charge in [-0.1, -0.05) is 39.0 Å². The number of amides is 1. The van der Waals surface area contributed by atoms with Crippen molar-refractivity contribution in [2.24, 2.45) is 5.92 Å². The number of hydrogen-bond acceptors (Lipinski definition) is 4. The molecule has 2 aliphatic heterocycles. The molecule has 2 heterocycles. The molecule has 3 rings (SSSR count). The number of hydrogen-bond donors (Lipinski definition) is 3. The predicted molar refractivity (Wildman–Crippen MR) is 114 cm³/mol. The number of rotatable bonds is 8. The molecular weight excluding hydrogens is 366 g/mol. The number of nitrogens with zero attached hydrogens (tertiary/aromatic N) is 1. The summed E-state index contributed by atoms with van der Waals surface area (Å²) in [6.45, 7) is 3.88. The highest BCUT2D eigenvalue weighted by atomic mass is 16.4. The number of piperidine rings is 1. The van der Waals surface area contributed by atoms with Crippen LogP contribution in [0.15, 0.2) is 23.5 Å². The van der Waals surface area contributed by atoms with Crippen LogP contribution in [0.5, 0.6) is 0 Å². The quantitative estimate of drug-likeness (QED) is 0.577. The van der Waals surface area contributed by atoms with Gasteiger partial charge in [-0.05, 0) is 50.2 Å². The molecule has 0 aromatic rings. The molecule has 1 aliphatic carbocycles. The van der Waals surface area contributed by atoms with E-state index in [1.54, 1.807) is 0 Å². The lowest BCUT2D eigenvalue weighted by atomic mass is 9.92. The molecule has 6 heteroatoms. The maximum atomic E-state index is 13.0. The Balaban J connectivity index is 1.68. The van der Waals surface area contributed by atoms with E-state index < -0.39 is 5.97 Å². The second-order valence-corrected chi connectivity index (χ2v) is 8.87. The van der Waals surface area contributed by atoms with Crippen LogP contribution in [0, 0.1) is 5.92 Å². The lowest BCUT2D eigenvalue weighted by Crippen LogP contribution is -2.48. The third-order valence-electron chi connectivity index (χ3n) is 6.49. The Hall–Kier alpha value is -1.98. The number of nitrogens with one attached hydrogen (secondary N) is 2. The van der Waals surface area contributed by atoms with E-state index in [4.69, 9.17) is 5.11 Å². The van der Waals surface area contributed by atoms with E-state index in [9.17, 15) is 9.59 Å². The van der Waals surface area contributed by atoms with Gasteiger partial charge < -0.3 is 20.6 Å². The van der Waals surface area contributed by atoms with Gasteiger partial charge in [0.2, 0.25) is 5.91 Å². The summed E-state index contributed by atoms with van der Waals surface area (Å²) in [4.78, 5) is 26.3. The van der Waals surface area contributed by atoms with Crippen LogP contribution in [-0.4, -0.2) is 47.1 Å². The third-order valence-corrected chi connectivity index (χ3v) is 6.49. The van der Waals surface area contributed by atoms with Crippen LogP contribution in [0.3, 0.4) is 0 Å². The number of carbonyl (C=O) groups is 2. The van der Waals surface area contributed by atoms with Crippen LogP contribution < -0.4 is 10.6 Å². The molecule has 1 amide bonds. The van der Waals surface area contributed by atoms with Gasteiger partial charge in [0.1, 0.15) is 5.82 Å². The van der Waals surface area contributed by atoms with Gasteiger partial charge in [0.05, 0.1) is 6.04 Å². The van der Waals surface area contributed by atoms with Gasteiger partial charge in [-0.3, -0.25) is 9.59 Å². The number of carboxylic acid groups (broad SMARTS) is 1. The maximum absolute atomic E-state index is 13.0. The molecule has 0 spiro atoms. The summed E-state index contributed by atoms with van der Waals surface area (Å²) < 4.78 is 0. The van der Waals surface area contributed by atoms with Gasteiger partial charge in [0.25, 0.3) is 0 Å². The number of likely N-dealkylation sites (tertiary alicyclic amines) is 1. The fraction of sp³-hybridized carbons (Fsp3) is 0.739. The predicted octanol–water partition coefficient (Wildman–Crippen LogP) is 3.55. The fourth-order valence-electron chi connectivity index (χ4n) is 4.87. The lowest BCUT2D eigenvalue weighted by Gasteiger charge is -2.39. The SMILES string of the molecule is CCCCC1NC(N2CCCC(CC(=O)O)C2)=CC=C1C(=O)NC1CCCCC1. The van der Waals surface area contributed by atoms with Crippen molar-refractivity contribution in [2.75, 3.05) is 13.1 Å². The van der Waals surface area contributed by atoms with E-state index in [1.165, 1.54) is 19.3 Å².